The first-order valence-electron chi connectivity index (χ1n) is 5.66. The van der Waals surface area contributed by atoms with Gasteiger partial charge < -0.3 is 26.7 Å². The minimum atomic E-state index is -0.437. The van der Waals surface area contributed by atoms with Gasteiger partial charge in [-0.2, -0.15) is 0 Å². The SMILES string of the molecule is Cn1c2nc(-[n+]3ccccc3)nc-2c([O-])n(C)c1=O.[Br-]. The van der Waals surface area contributed by atoms with Crippen molar-refractivity contribution in [1.29, 1.82) is 0 Å². The summed E-state index contributed by atoms with van der Waals surface area (Å²) in [7, 11) is 2.99. The molecule has 0 N–H and O–H groups in total. The number of halogens is 1. The van der Waals surface area contributed by atoms with E-state index in [1.54, 1.807) is 24.0 Å². The maximum Gasteiger partial charge on any atom is 0.440 e. The van der Waals surface area contributed by atoms with E-state index in [2.05, 4.69) is 9.97 Å². The Morgan fingerprint density at radius 1 is 1.10 bits per heavy atom. The molecular formula is C12H11BrN5O2-. The number of hydrogen-bond donors (Lipinski definition) is 0. The molecule has 0 fully saturated rings. The van der Waals surface area contributed by atoms with Crippen molar-refractivity contribution in [1.82, 2.24) is 19.1 Å². The lowest BCUT2D eigenvalue weighted by Gasteiger charge is -2.14. The molecular weight excluding hydrogens is 326 g/mol. The first-order chi connectivity index (χ1) is 9.09. The van der Waals surface area contributed by atoms with Gasteiger partial charge in [-0.25, -0.2) is 9.36 Å². The maximum absolute atomic E-state index is 12.0. The Labute approximate surface area is 124 Å². The van der Waals surface area contributed by atoms with E-state index in [1.165, 1.54) is 11.6 Å². The van der Waals surface area contributed by atoms with Crippen LogP contribution < -0.4 is 32.3 Å². The summed E-state index contributed by atoms with van der Waals surface area (Å²) < 4.78 is 4.02. The summed E-state index contributed by atoms with van der Waals surface area (Å²) in [5.41, 5.74) is -0.224. The molecule has 0 unspecified atom stereocenters. The van der Waals surface area contributed by atoms with E-state index >= 15 is 0 Å². The third-order valence-corrected chi connectivity index (χ3v) is 2.97. The quantitative estimate of drug-likeness (QED) is 0.424. The fraction of sp³-hybridized carbons (Fsp3) is 0.167. The summed E-state index contributed by atoms with van der Waals surface area (Å²) >= 11 is 0. The number of nitrogens with zero attached hydrogens (tertiary/aromatic N) is 5. The maximum atomic E-state index is 12.0. The third-order valence-electron chi connectivity index (χ3n) is 2.97. The van der Waals surface area contributed by atoms with Gasteiger partial charge in [0, 0.05) is 20.0 Å². The van der Waals surface area contributed by atoms with E-state index in [1.807, 2.05) is 18.2 Å². The molecule has 0 atom stereocenters. The fourth-order valence-electron chi connectivity index (χ4n) is 1.91. The summed E-state index contributed by atoms with van der Waals surface area (Å²) in [5, 5.41) is 12.0. The van der Waals surface area contributed by atoms with Crippen LogP contribution in [0, 0.1) is 0 Å². The van der Waals surface area contributed by atoms with Gasteiger partial charge in [0.2, 0.25) is 5.69 Å². The van der Waals surface area contributed by atoms with Gasteiger partial charge in [0.25, 0.3) is 5.82 Å². The van der Waals surface area contributed by atoms with Crippen molar-refractivity contribution in [3.63, 3.8) is 0 Å². The predicted molar refractivity (Wildman–Crippen MR) is 63.8 cm³/mol. The number of hydrogen-bond acceptors (Lipinski definition) is 4. The average Bonchev–Trinajstić information content (AvgIpc) is 2.89. The largest absolute Gasteiger partial charge is 1.00 e. The first-order valence-corrected chi connectivity index (χ1v) is 5.66. The monoisotopic (exact) mass is 336 g/mol. The lowest BCUT2D eigenvalue weighted by molar-refractivity contribution is -0.603. The number of rotatable bonds is 1. The van der Waals surface area contributed by atoms with Crippen LogP contribution in [0.25, 0.3) is 17.5 Å². The standard InChI is InChI=1S/C12H11N5O2.BrH/c1-15-9-8(10(18)16(2)12(15)19)13-11(14-9)17-6-4-3-5-7-17;/h3-7H,1-2H3;1H/p-1. The molecule has 0 saturated heterocycles. The minimum absolute atomic E-state index is 0. The molecule has 1 aromatic rings. The smallest absolute Gasteiger partial charge is 0.440 e. The van der Waals surface area contributed by atoms with E-state index in [9.17, 15) is 9.90 Å². The Bertz CT molecular complexity index is 781. The molecule has 8 heteroatoms. The van der Waals surface area contributed by atoms with Crippen LogP contribution in [0.4, 0.5) is 0 Å². The molecule has 2 aliphatic heterocycles. The van der Waals surface area contributed by atoms with Crippen LogP contribution in [-0.2, 0) is 14.1 Å². The van der Waals surface area contributed by atoms with E-state index in [-0.39, 0.29) is 22.7 Å². The molecule has 3 heterocycles. The zero-order valence-corrected chi connectivity index (χ0v) is 12.4. The molecule has 1 aromatic heterocycles. The Hall–Kier alpha value is -2.22. The molecule has 0 radical (unpaired) electrons. The van der Waals surface area contributed by atoms with E-state index < -0.39 is 11.6 Å². The molecule has 3 rings (SSSR count). The van der Waals surface area contributed by atoms with E-state index in [4.69, 9.17) is 0 Å². The van der Waals surface area contributed by atoms with Crippen molar-refractivity contribution < 1.29 is 26.7 Å². The number of fused-ring (bicyclic) bond motifs is 1. The van der Waals surface area contributed by atoms with Crippen LogP contribution in [0.5, 0.6) is 5.88 Å². The van der Waals surface area contributed by atoms with Crippen molar-refractivity contribution in [3.8, 4) is 23.3 Å². The minimum Gasteiger partial charge on any atom is -1.00 e. The average molecular weight is 337 g/mol. The van der Waals surface area contributed by atoms with E-state index in [0.717, 1.165) is 4.57 Å². The summed E-state index contributed by atoms with van der Waals surface area (Å²) in [6.45, 7) is 0. The third kappa shape index (κ3) is 1.97. The molecule has 2 aliphatic rings. The Kier molecular flexibility index (Phi) is 3.58. The zero-order chi connectivity index (χ0) is 13.6. The molecule has 104 valence electrons. The first kappa shape index (κ1) is 14.2. The molecule has 0 saturated carbocycles. The van der Waals surface area contributed by atoms with Crippen LogP contribution in [0.2, 0.25) is 0 Å². The summed E-state index contributed by atoms with van der Waals surface area (Å²) in [6, 6.07) is 5.53. The molecule has 0 bridgehead atoms. The molecule has 0 aromatic carbocycles. The lowest BCUT2D eigenvalue weighted by atomic mass is 10.4. The highest BCUT2D eigenvalue weighted by Crippen LogP contribution is 2.23. The second-order valence-corrected chi connectivity index (χ2v) is 4.18. The Balaban J connectivity index is 0.00000147. The van der Waals surface area contributed by atoms with Gasteiger partial charge in [0.1, 0.15) is 0 Å². The van der Waals surface area contributed by atoms with E-state index in [0.29, 0.717) is 11.8 Å². The van der Waals surface area contributed by atoms with Gasteiger partial charge in [-0.1, -0.05) is 11.1 Å². The van der Waals surface area contributed by atoms with Crippen molar-refractivity contribution >= 4 is 0 Å². The van der Waals surface area contributed by atoms with Crippen molar-refractivity contribution in [2.24, 2.45) is 14.1 Å². The highest BCUT2D eigenvalue weighted by atomic mass is 79.9. The molecule has 0 amide bonds. The number of pyridine rings is 1. The van der Waals surface area contributed by atoms with Gasteiger partial charge in [0.05, 0.1) is 12.4 Å². The van der Waals surface area contributed by atoms with Crippen LogP contribution >= 0.6 is 0 Å². The van der Waals surface area contributed by atoms with Gasteiger partial charge in [-0.05, 0) is 17.1 Å². The zero-order valence-electron chi connectivity index (χ0n) is 10.8. The highest BCUT2D eigenvalue weighted by molar-refractivity contribution is 5.58. The molecule has 20 heavy (non-hydrogen) atoms. The second kappa shape index (κ2) is 5.04. The molecule has 0 aliphatic carbocycles. The second-order valence-electron chi connectivity index (χ2n) is 4.18. The van der Waals surface area contributed by atoms with Crippen LogP contribution in [0.15, 0.2) is 35.4 Å². The Morgan fingerprint density at radius 2 is 1.75 bits per heavy atom. The van der Waals surface area contributed by atoms with Gasteiger partial charge in [-0.15, -0.1) is 0 Å². The van der Waals surface area contributed by atoms with Crippen LogP contribution in [0.1, 0.15) is 0 Å². The van der Waals surface area contributed by atoms with Crippen molar-refractivity contribution in [2.45, 2.75) is 0 Å². The molecule has 0 spiro atoms. The van der Waals surface area contributed by atoms with Crippen molar-refractivity contribution in [3.05, 3.63) is 41.1 Å². The summed E-state index contributed by atoms with van der Waals surface area (Å²) in [4.78, 5) is 20.3. The number of aromatic nitrogens is 5. The Morgan fingerprint density at radius 3 is 2.40 bits per heavy atom. The lowest BCUT2D eigenvalue weighted by Crippen LogP contribution is -3.00. The highest BCUT2D eigenvalue weighted by Gasteiger charge is 2.27. The van der Waals surface area contributed by atoms with Crippen molar-refractivity contribution in [2.75, 3.05) is 0 Å². The fourth-order valence-corrected chi connectivity index (χ4v) is 1.91. The summed E-state index contributed by atoms with van der Waals surface area (Å²) in [5.74, 6) is 0.224. The normalized spacial score (nSPS) is 10.5. The van der Waals surface area contributed by atoms with Crippen LogP contribution in [0.3, 0.4) is 0 Å². The predicted octanol–water partition coefficient (Wildman–Crippen LogP) is -4.03. The number of imidazole rings is 1. The van der Waals surface area contributed by atoms with Gasteiger partial charge >= 0.3 is 11.6 Å². The molecule has 7 nitrogen and oxygen atoms in total. The van der Waals surface area contributed by atoms with Gasteiger partial charge in [0.15, 0.2) is 0 Å². The topological polar surface area (TPSA) is 79.7 Å². The summed E-state index contributed by atoms with van der Waals surface area (Å²) in [6.07, 6.45) is 3.55. The van der Waals surface area contributed by atoms with Crippen LogP contribution in [-0.4, -0.2) is 19.1 Å². The van der Waals surface area contributed by atoms with Gasteiger partial charge in [-0.3, -0.25) is 4.57 Å².